The van der Waals surface area contributed by atoms with E-state index in [0.29, 0.717) is 0 Å². The number of hydrogen-bond donors (Lipinski definition) is 1. The lowest BCUT2D eigenvalue weighted by Crippen LogP contribution is -2.45. The smallest absolute Gasteiger partial charge is 0.145 e. The standard InChI is InChI=1S/C32H70N4Si/c1-7-13-19-25-34(26-20-14-8-2)31(33-37)32(35(27-21-15-9-3)28-22-16-10-4)36(29-23-17-11-5)30-24-18-12-6/h33H,7-30H2,1-6,37H3. The summed E-state index contributed by atoms with van der Waals surface area (Å²) in [6, 6.07) is 0. The van der Waals surface area contributed by atoms with Crippen LogP contribution in [-0.4, -0.2) is 64.4 Å². The Morgan fingerprint density at radius 2 is 0.649 bits per heavy atom. The molecule has 0 saturated carbocycles. The zero-order valence-electron chi connectivity index (χ0n) is 26.8. The summed E-state index contributed by atoms with van der Waals surface area (Å²) in [7, 11) is 0.998. The van der Waals surface area contributed by atoms with Gasteiger partial charge in [-0.3, -0.25) is 0 Å². The second-order valence-corrected chi connectivity index (χ2v) is 11.6. The van der Waals surface area contributed by atoms with E-state index < -0.39 is 0 Å². The fraction of sp³-hybridized carbons (Fsp3) is 0.938. The van der Waals surface area contributed by atoms with Crippen LogP contribution in [-0.2, 0) is 0 Å². The van der Waals surface area contributed by atoms with Crippen LogP contribution in [0.4, 0.5) is 0 Å². The molecule has 0 aliphatic carbocycles. The Morgan fingerprint density at radius 1 is 0.405 bits per heavy atom. The summed E-state index contributed by atoms with van der Waals surface area (Å²) in [6.45, 7) is 21.2. The molecule has 0 rings (SSSR count). The maximum Gasteiger partial charge on any atom is 0.145 e. The van der Waals surface area contributed by atoms with Crippen LogP contribution in [0.15, 0.2) is 11.6 Å². The predicted octanol–water partition coefficient (Wildman–Crippen LogP) is 8.03. The molecule has 0 aromatic carbocycles. The van der Waals surface area contributed by atoms with Crippen LogP contribution in [0.1, 0.15) is 157 Å². The van der Waals surface area contributed by atoms with Crippen molar-refractivity contribution in [3.8, 4) is 0 Å². The summed E-state index contributed by atoms with van der Waals surface area (Å²) in [6.07, 6.45) is 23.6. The van der Waals surface area contributed by atoms with E-state index in [-0.39, 0.29) is 0 Å². The van der Waals surface area contributed by atoms with E-state index in [1.54, 1.807) is 5.82 Å². The van der Waals surface area contributed by atoms with Gasteiger partial charge >= 0.3 is 0 Å². The number of rotatable bonds is 28. The maximum absolute atomic E-state index is 3.94. The van der Waals surface area contributed by atoms with E-state index in [1.165, 1.54) is 161 Å². The monoisotopic (exact) mass is 539 g/mol. The quantitative estimate of drug-likeness (QED) is 0.0804. The Balaban J connectivity index is 6.51. The van der Waals surface area contributed by atoms with Crippen molar-refractivity contribution in [3.63, 3.8) is 0 Å². The van der Waals surface area contributed by atoms with Crippen LogP contribution in [0.2, 0.25) is 0 Å². The first-order chi connectivity index (χ1) is 18.1. The van der Waals surface area contributed by atoms with E-state index in [1.807, 2.05) is 0 Å². The highest BCUT2D eigenvalue weighted by Crippen LogP contribution is 2.23. The van der Waals surface area contributed by atoms with Crippen molar-refractivity contribution in [3.05, 3.63) is 11.6 Å². The molecule has 222 valence electrons. The van der Waals surface area contributed by atoms with E-state index in [9.17, 15) is 0 Å². The van der Waals surface area contributed by atoms with Crippen LogP contribution in [0.5, 0.6) is 0 Å². The van der Waals surface area contributed by atoms with Gasteiger partial charge in [0.15, 0.2) is 0 Å². The van der Waals surface area contributed by atoms with Crippen molar-refractivity contribution in [2.75, 3.05) is 39.3 Å². The Hall–Kier alpha value is -0.843. The van der Waals surface area contributed by atoms with E-state index in [2.05, 4.69) is 61.2 Å². The molecule has 1 N–H and O–H groups in total. The summed E-state index contributed by atoms with van der Waals surface area (Å²) >= 11 is 0. The Bertz CT molecular complexity index is 455. The lowest BCUT2D eigenvalue weighted by Gasteiger charge is -2.41. The van der Waals surface area contributed by atoms with Gasteiger partial charge in [-0.15, -0.1) is 0 Å². The van der Waals surface area contributed by atoms with Crippen LogP contribution < -0.4 is 4.98 Å². The fourth-order valence-electron chi connectivity index (χ4n) is 5.21. The number of hydrogen-bond acceptors (Lipinski definition) is 4. The van der Waals surface area contributed by atoms with Crippen LogP contribution in [0, 0.1) is 0 Å². The third-order valence-corrected chi connectivity index (χ3v) is 8.03. The van der Waals surface area contributed by atoms with E-state index in [4.69, 9.17) is 0 Å². The first kappa shape index (κ1) is 36.2. The third kappa shape index (κ3) is 17.4. The van der Waals surface area contributed by atoms with Gasteiger partial charge in [-0.2, -0.15) is 0 Å². The molecule has 0 bridgehead atoms. The highest BCUT2D eigenvalue weighted by atomic mass is 28.2. The minimum Gasteiger partial charge on any atom is -0.403 e. The van der Waals surface area contributed by atoms with Gasteiger partial charge in [0.25, 0.3) is 0 Å². The van der Waals surface area contributed by atoms with Gasteiger partial charge in [-0.05, 0) is 38.5 Å². The minimum atomic E-state index is 0.998. The summed E-state index contributed by atoms with van der Waals surface area (Å²) in [5.41, 5.74) is 0. The summed E-state index contributed by atoms with van der Waals surface area (Å²) < 4.78 is 0. The highest BCUT2D eigenvalue weighted by Gasteiger charge is 2.24. The predicted molar refractivity (Wildman–Crippen MR) is 172 cm³/mol. The van der Waals surface area contributed by atoms with Crippen molar-refractivity contribution < 1.29 is 0 Å². The SMILES string of the molecule is CCCCCN(CCCCC)C(N[SiH3])=C(N(CCCCC)CCCCC)N(CCCCC)CCCCC. The molecular weight excluding hydrogens is 468 g/mol. The first-order valence-electron chi connectivity index (χ1n) is 16.8. The molecule has 0 unspecified atom stereocenters. The molecule has 0 saturated heterocycles. The van der Waals surface area contributed by atoms with Gasteiger partial charge in [0.1, 0.15) is 22.0 Å². The van der Waals surface area contributed by atoms with Crippen molar-refractivity contribution in [2.24, 2.45) is 0 Å². The molecule has 4 nitrogen and oxygen atoms in total. The second kappa shape index (κ2) is 26.8. The number of nitrogens with one attached hydrogen (secondary N) is 1. The summed E-state index contributed by atoms with van der Waals surface area (Å²) in [5, 5.41) is 0. The molecule has 0 spiro atoms. The van der Waals surface area contributed by atoms with Gasteiger partial charge in [0.2, 0.25) is 0 Å². The van der Waals surface area contributed by atoms with E-state index >= 15 is 0 Å². The molecule has 0 radical (unpaired) electrons. The Morgan fingerprint density at radius 3 is 0.865 bits per heavy atom. The van der Waals surface area contributed by atoms with Crippen molar-refractivity contribution in [1.29, 1.82) is 0 Å². The highest BCUT2D eigenvalue weighted by molar-refractivity contribution is 6.05. The minimum absolute atomic E-state index is 0.998. The summed E-state index contributed by atoms with van der Waals surface area (Å²) in [5.74, 6) is 3.03. The lowest BCUT2D eigenvalue weighted by molar-refractivity contribution is 0.173. The average molecular weight is 539 g/mol. The molecule has 0 aliphatic rings. The molecule has 0 aromatic heterocycles. The van der Waals surface area contributed by atoms with Gasteiger partial charge in [0, 0.05) is 39.3 Å². The topological polar surface area (TPSA) is 21.8 Å². The number of unbranched alkanes of at least 4 members (excludes halogenated alkanes) is 12. The van der Waals surface area contributed by atoms with Gasteiger partial charge in [-0.25, -0.2) is 0 Å². The molecule has 0 fully saturated rings. The van der Waals surface area contributed by atoms with Crippen molar-refractivity contribution in [1.82, 2.24) is 19.7 Å². The van der Waals surface area contributed by atoms with Gasteiger partial charge in [0.05, 0.1) is 0 Å². The molecule has 0 amide bonds. The maximum atomic E-state index is 3.94. The average Bonchev–Trinajstić information content (AvgIpc) is 2.90. The van der Waals surface area contributed by atoms with Crippen LogP contribution in [0.25, 0.3) is 0 Å². The van der Waals surface area contributed by atoms with Gasteiger partial charge < -0.3 is 19.7 Å². The Kier molecular flexibility index (Phi) is 26.1. The largest absolute Gasteiger partial charge is 0.403 e. The van der Waals surface area contributed by atoms with Crippen molar-refractivity contribution >= 4 is 10.4 Å². The van der Waals surface area contributed by atoms with E-state index in [0.717, 1.165) is 10.4 Å². The first-order valence-corrected chi connectivity index (χ1v) is 17.8. The molecule has 0 heterocycles. The Labute approximate surface area is 237 Å². The molecular formula is C32H70N4Si. The second-order valence-electron chi connectivity index (χ2n) is 11.1. The fourth-order valence-corrected chi connectivity index (χ4v) is 5.75. The van der Waals surface area contributed by atoms with Crippen molar-refractivity contribution in [2.45, 2.75) is 157 Å². The number of nitrogens with zero attached hydrogens (tertiary/aromatic N) is 3. The molecule has 0 atom stereocenters. The summed E-state index contributed by atoms with van der Waals surface area (Å²) in [4.78, 5) is 12.4. The molecule has 0 aromatic rings. The normalized spacial score (nSPS) is 11.1. The van der Waals surface area contributed by atoms with Crippen LogP contribution in [0.3, 0.4) is 0 Å². The lowest BCUT2D eigenvalue weighted by atomic mass is 10.1. The molecule has 37 heavy (non-hydrogen) atoms. The molecule has 5 heteroatoms. The van der Waals surface area contributed by atoms with Gasteiger partial charge in [-0.1, -0.05) is 119 Å². The van der Waals surface area contributed by atoms with Crippen LogP contribution >= 0.6 is 0 Å². The zero-order chi connectivity index (χ0) is 27.6. The zero-order valence-corrected chi connectivity index (χ0v) is 28.8. The third-order valence-electron chi connectivity index (χ3n) is 7.55. The molecule has 0 aliphatic heterocycles.